The van der Waals surface area contributed by atoms with Crippen LogP contribution in [0, 0.1) is 29.6 Å². The van der Waals surface area contributed by atoms with Crippen LogP contribution in [0.3, 0.4) is 0 Å². The van der Waals surface area contributed by atoms with Gasteiger partial charge in [-0.15, -0.1) is 0 Å². The molecule has 5 rings (SSSR count). The van der Waals surface area contributed by atoms with Crippen molar-refractivity contribution in [2.24, 2.45) is 22.7 Å². The van der Waals surface area contributed by atoms with Crippen molar-refractivity contribution in [2.75, 3.05) is 0 Å². The molecule has 40 heavy (non-hydrogen) atoms. The van der Waals surface area contributed by atoms with Crippen molar-refractivity contribution in [3.05, 3.63) is 81.6 Å². The Morgan fingerprint density at radius 2 is 1.70 bits per heavy atom. The number of carbonyl (C=O) groups excluding carboxylic acids is 3. The minimum absolute atomic E-state index is 0.0895. The number of aliphatic hydroxyl groups is 2. The maximum Gasteiger partial charge on any atom is 0.209 e. The van der Waals surface area contributed by atoms with Gasteiger partial charge in [-0.05, 0) is 55.4 Å². The lowest BCUT2D eigenvalue weighted by molar-refractivity contribution is -0.184. The van der Waals surface area contributed by atoms with Crippen LogP contribution < -0.4 is 0 Å². The van der Waals surface area contributed by atoms with E-state index >= 15 is 0 Å². The summed E-state index contributed by atoms with van der Waals surface area (Å²) in [7, 11) is 0. The highest BCUT2D eigenvalue weighted by atomic mass is 16.5. The van der Waals surface area contributed by atoms with E-state index in [0.29, 0.717) is 12.0 Å². The summed E-state index contributed by atoms with van der Waals surface area (Å²) >= 11 is 0. The third kappa shape index (κ3) is 3.63. The van der Waals surface area contributed by atoms with E-state index in [4.69, 9.17) is 4.74 Å². The molecule has 0 radical (unpaired) electrons. The Morgan fingerprint density at radius 3 is 2.30 bits per heavy atom. The first-order chi connectivity index (χ1) is 18.7. The predicted molar refractivity (Wildman–Crippen MR) is 149 cm³/mol. The normalized spacial score (nSPS) is 29.8. The van der Waals surface area contributed by atoms with E-state index in [1.165, 1.54) is 13.0 Å². The van der Waals surface area contributed by atoms with E-state index in [2.05, 4.69) is 0 Å². The topological polar surface area (TPSA) is 121 Å². The number of allylic oxidation sites excluding steroid dienone is 1. The van der Waals surface area contributed by atoms with Crippen LogP contribution in [0.5, 0.6) is 5.75 Å². The molecule has 0 aliphatic heterocycles. The number of ether oxygens (including phenoxy) is 1. The van der Waals surface area contributed by atoms with Gasteiger partial charge < -0.3 is 20.1 Å². The fourth-order valence-electron chi connectivity index (χ4n) is 7.74. The zero-order valence-electron chi connectivity index (χ0n) is 23.8. The molecule has 0 aromatic heterocycles. The molecule has 7 heteroatoms. The zero-order valence-corrected chi connectivity index (χ0v) is 23.8. The van der Waals surface area contributed by atoms with Gasteiger partial charge >= 0.3 is 0 Å². The summed E-state index contributed by atoms with van der Waals surface area (Å²) in [6.45, 7) is 10.6. The van der Waals surface area contributed by atoms with Crippen LogP contribution in [0.2, 0.25) is 0 Å². The minimum atomic E-state index is -2.61. The van der Waals surface area contributed by atoms with Gasteiger partial charge in [0.2, 0.25) is 11.6 Å². The standard InChI is InChI=1S/C33H36O7/c1-17(2)25-28(40-15-20-10-8-7-9-11-20)23(19(4)34)29(37)33(39)30(38)26-27(36)24-21(18(3)12-13-22(24)35)14-31(26,5)16-32(25,33)6/h7-13,17,25,35-36,39H,14-16H2,1-6H3/t25?,31-,32-,33+/m1/s1. The Kier molecular flexibility index (Phi) is 6.38. The van der Waals surface area contributed by atoms with Crippen LogP contribution in [0.15, 0.2) is 59.4 Å². The number of aromatic hydroxyl groups is 1. The average Bonchev–Trinajstić information content (AvgIpc) is 2.87. The zero-order chi connectivity index (χ0) is 29.4. The number of fused-ring (bicyclic) bond motifs is 3. The van der Waals surface area contributed by atoms with Crippen molar-refractivity contribution in [1.82, 2.24) is 0 Å². The molecule has 0 spiro atoms. The smallest absolute Gasteiger partial charge is 0.209 e. The molecule has 1 fully saturated rings. The molecule has 0 bridgehead atoms. The van der Waals surface area contributed by atoms with Gasteiger partial charge in [0.15, 0.2) is 11.4 Å². The first-order valence-electron chi connectivity index (χ1n) is 13.7. The Bertz CT molecular complexity index is 1510. The summed E-state index contributed by atoms with van der Waals surface area (Å²) in [5.41, 5.74) is -2.78. The Morgan fingerprint density at radius 1 is 1.05 bits per heavy atom. The summed E-state index contributed by atoms with van der Waals surface area (Å²) in [6.07, 6.45) is 0.482. The van der Waals surface area contributed by atoms with Crippen LogP contribution in [-0.2, 0) is 32.1 Å². The second-order valence-electron chi connectivity index (χ2n) is 12.5. The number of hydrogen-bond acceptors (Lipinski definition) is 7. The van der Waals surface area contributed by atoms with Crippen LogP contribution in [-0.4, -0.2) is 38.3 Å². The van der Waals surface area contributed by atoms with E-state index in [0.717, 1.165) is 11.1 Å². The maximum absolute atomic E-state index is 14.4. The second-order valence-corrected chi connectivity index (χ2v) is 12.5. The number of phenols is 1. The van der Waals surface area contributed by atoms with Crippen LogP contribution in [0.25, 0.3) is 5.76 Å². The van der Waals surface area contributed by atoms with Crippen molar-refractivity contribution >= 4 is 23.1 Å². The molecule has 7 nitrogen and oxygen atoms in total. The lowest BCUT2D eigenvalue weighted by Gasteiger charge is -2.60. The van der Waals surface area contributed by atoms with E-state index in [-0.39, 0.29) is 47.2 Å². The number of Topliss-reactive ketones (excluding diaryl/α,β-unsaturated/α-hetero) is 3. The molecule has 1 saturated carbocycles. The van der Waals surface area contributed by atoms with Crippen molar-refractivity contribution in [3.63, 3.8) is 0 Å². The van der Waals surface area contributed by atoms with Gasteiger partial charge in [-0.1, -0.05) is 64.1 Å². The first kappa shape index (κ1) is 27.8. The lowest BCUT2D eigenvalue weighted by Crippen LogP contribution is -2.71. The Labute approximate surface area is 234 Å². The molecular formula is C33H36O7. The molecule has 0 heterocycles. The van der Waals surface area contributed by atoms with Gasteiger partial charge in [-0.2, -0.15) is 0 Å². The fraction of sp³-hybridized carbons (Fsp3) is 0.424. The second kappa shape index (κ2) is 9.16. The molecular weight excluding hydrogens is 508 g/mol. The fourth-order valence-corrected chi connectivity index (χ4v) is 7.74. The van der Waals surface area contributed by atoms with Crippen molar-refractivity contribution < 1.29 is 34.4 Å². The van der Waals surface area contributed by atoms with Crippen LogP contribution in [0.1, 0.15) is 63.3 Å². The summed E-state index contributed by atoms with van der Waals surface area (Å²) < 4.78 is 6.28. The van der Waals surface area contributed by atoms with Gasteiger partial charge in [0.1, 0.15) is 29.4 Å². The number of rotatable bonds is 5. The van der Waals surface area contributed by atoms with E-state index in [1.54, 1.807) is 13.0 Å². The number of hydrogen-bond donors (Lipinski definition) is 3. The number of aryl methyl sites for hydroxylation is 1. The minimum Gasteiger partial charge on any atom is -0.507 e. The monoisotopic (exact) mass is 544 g/mol. The number of carbonyl (C=O) groups is 3. The van der Waals surface area contributed by atoms with Gasteiger partial charge in [0.25, 0.3) is 0 Å². The van der Waals surface area contributed by atoms with Crippen molar-refractivity contribution in [1.29, 1.82) is 0 Å². The van der Waals surface area contributed by atoms with E-state index in [1.807, 2.05) is 58.0 Å². The van der Waals surface area contributed by atoms with Crippen molar-refractivity contribution in [3.8, 4) is 5.75 Å². The number of aliphatic hydroxyl groups excluding tert-OH is 1. The highest BCUT2D eigenvalue weighted by molar-refractivity contribution is 6.33. The molecule has 3 aliphatic carbocycles. The van der Waals surface area contributed by atoms with Crippen LogP contribution >= 0.6 is 0 Å². The quantitative estimate of drug-likeness (QED) is 0.351. The summed E-state index contributed by atoms with van der Waals surface area (Å²) in [5, 5.41) is 34.4. The van der Waals surface area contributed by atoms with Crippen LogP contribution in [0.4, 0.5) is 0 Å². The van der Waals surface area contributed by atoms with Gasteiger partial charge in [-0.3, -0.25) is 14.4 Å². The van der Waals surface area contributed by atoms with E-state index < -0.39 is 45.5 Å². The molecule has 2 aromatic carbocycles. The largest absolute Gasteiger partial charge is 0.507 e. The summed E-state index contributed by atoms with van der Waals surface area (Å²) in [4.78, 5) is 41.6. The predicted octanol–water partition coefficient (Wildman–Crippen LogP) is 5.16. The molecule has 3 aliphatic rings. The highest BCUT2D eigenvalue weighted by Crippen LogP contribution is 2.65. The maximum atomic E-state index is 14.4. The summed E-state index contributed by atoms with van der Waals surface area (Å²) in [5.74, 6) is -3.83. The van der Waals surface area contributed by atoms with Gasteiger partial charge in [-0.25, -0.2) is 0 Å². The number of benzene rings is 2. The number of phenolic OH excluding ortho intramolecular Hbond substituents is 1. The SMILES string of the molecule is CC(=O)C1=C(OCc2ccccc2)C(C(C)C)[C@@]2(C)C[C@@]3(C)Cc4c(C)ccc(O)c4C(O)=C3C(=O)[C@@]2(O)C1=O. The molecule has 0 saturated heterocycles. The van der Waals surface area contributed by atoms with Gasteiger partial charge in [0, 0.05) is 22.3 Å². The summed E-state index contributed by atoms with van der Waals surface area (Å²) in [6, 6.07) is 12.6. The lowest BCUT2D eigenvalue weighted by atomic mass is 9.43. The van der Waals surface area contributed by atoms with Crippen molar-refractivity contribution in [2.45, 2.75) is 66.6 Å². The molecule has 4 atom stereocenters. The third-order valence-corrected chi connectivity index (χ3v) is 9.34. The molecule has 0 amide bonds. The molecule has 3 N–H and O–H groups in total. The molecule has 2 aromatic rings. The Balaban J connectivity index is 1.75. The number of ketones is 3. The molecule has 210 valence electrons. The first-order valence-corrected chi connectivity index (χ1v) is 13.7. The highest BCUT2D eigenvalue weighted by Gasteiger charge is 2.73. The average molecular weight is 545 g/mol. The van der Waals surface area contributed by atoms with Gasteiger partial charge in [0.05, 0.1) is 5.56 Å². The molecule has 1 unspecified atom stereocenters. The third-order valence-electron chi connectivity index (χ3n) is 9.34. The Hall–Kier alpha value is -3.71. The van der Waals surface area contributed by atoms with E-state index in [9.17, 15) is 29.7 Å².